The number of phenolic OH excluding ortho intramolecular Hbond substituents is 1. The number of fused-ring (bicyclic) bond motifs is 2. The van der Waals surface area contributed by atoms with Crippen molar-refractivity contribution in [1.29, 1.82) is 0 Å². The number of aliphatic hydroxyl groups is 2. The third-order valence-corrected chi connectivity index (χ3v) is 12.5. The van der Waals surface area contributed by atoms with Gasteiger partial charge in [0.2, 0.25) is 18.0 Å². The molecule has 2 aliphatic carbocycles. The van der Waals surface area contributed by atoms with Crippen LogP contribution in [0, 0.1) is 33.7 Å². The van der Waals surface area contributed by atoms with Gasteiger partial charge in [0.15, 0.2) is 0 Å². The van der Waals surface area contributed by atoms with Crippen molar-refractivity contribution in [2.45, 2.75) is 94.8 Å². The lowest BCUT2D eigenvalue weighted by atomic mass is 9.55. The molecule has 1 saturated carbocycles. The molecule has 2 heterocycles. The van der Waals surface area contributed by atoms with Crippen molar-refractivity contribution in [2.24, 2.45) is 22.9 Å². The summed E-state index contributed by atoms with van der Waals surface area (Å²) in [5, 5.41) is 47.0. The summed E-state index contributed by atoms with van der Waals surface area (Å²) in [5.41, 5.74) is 3.33. The fourth-order valence-electron chi connectivity index (χ4n) is 9.67. The molecule has 0 spiro atoms. The Morgan fingerprint density at radius 1 is 1.03 bits per heavy atom. The zero-order chi connectivity index (χ0) is 43.6. The van der Waals surface area contributed by atoms with E-state index in [0.29, 0.717) is 48.5 Å². The Labute approximate surface area is 361 Å². The van der Waals surface area contributed by atoms with E-state index in [4.69, 9.17) is 24.2 Å². The molecule has 1 saturated heterocycles. The molecule has 1 amide bonds. The smallest absolute Gasteiger partial charge is 0.269 e. The summed E-state index contributed by atoms with van der Waals surface area (Å²) in [6.45, 7) is 4.69. The van der Waals surface area contributed by atoms with E-state index in [1.165, 1.54) is 30.3 Å². The Morgan fingerprint density at radius 2 is 1.79 bits per heavy atom. The van der Waals surface area contributed by atoms with Crippen LogP contribution in [0.2, 0.25) is 0 Å². The van der Waals surface area contributed by atoms with Crippen LogP contribution < -0.4 is 4.74 Å². The molecule has 2 fully saturated rings. The molecule has 2 aliphatic heterocycles. The number of nitrogens with zero attached hydrogens (tertiary/aromatic N) is 3. The first-order valence-corrected chi connectivity index (χ1v) is 21.7. The Morgan fingerprint density at radius 3 is 2.48 bits per heavy atom. The Kier molecular flexibility index (Phi) is 14.9. The highest BCUT2D eigenvalue weighted by atomic mass is 19.1. The zero-order valence-electron chi connectivity index (χ0n) is 34.9. The van der Waals surface area contributed by atoms with Crippen molar-refractivity contribution in [1.82, 2.24) is 4.90 Å². The van der Waals surface area contributed by atoms with Crippen LogP contribution in [0.1, 0.15) is 86.8 Å². The monoisotopic (exact) mass is 853 g/mol. The molecule has 3 N–H and O–H groups in total. The number of oxime groups is 1. The van der Waals surface area contributed by atoms with Crippen LogP contribution in [0.25, 0.3) is 6.08 Å². The minimum Gasteiger partial charge on any atom is -0.508 e. The lowest BCUT2D eigenvalue weighted by molar-refractivity contribution is -0.384. The second-order valence-electron chi connectivity index (χ2n) is 16.5. The maximum atomic E-state index is 15.0. The van der Waals surface area contributed by atoms with E-state index in [9.17, 15) is 34.6 Å². The number of benzene rings is 3. The number of carbonyl (C=O) groups is 1. The fourth-order valence-corrected chi connectivity index (χ4v) is 9.67. The van der Waals surface area contributed by atoms with Crippen LogP contribution in [0.15, 0.2) is 102 Å². The Hall–Kier alpha value is -5.41. The lowest BCUT2D eigenvalue weighted by Crippen LogP contribution is -2.70. The fraction of sp³-hybridized carbons (Fsp3) is 0.458. The second-order valence-corrected chi connectivity index (χ2v) is 16.5. The first kappa shape index (κ1) is 44.6. The molecule has 14 heteroatoms. The van der Waals surface area contributed by atoms with Gasteiger partial charge in [-0.3, -0.25) is 14.9 Å². The van der Waals surface area contributed by atoms with Gasteiger partial charge >= 0.3 is 0 Å². The quantitative estimate of drug-likeness (QED) is 0.0350. The van der Waals surface area contributed by atoms with E-state index < -0.39 is 40.7 Å². The first-order chi connectivity index (χ1) is 30.1. The first-order valence-electron chi connectivity index (χ1n) is 21.7. The molecule has 0 bridgehead atoms. The van der Waals surface area contributed by atoms with Gasteiger partial charge in [0.05, 0.1) is 29.8 Å². The van der Waals surface area contributed by atoms with Gasteiger partial charge in [-0.15, -0.1) is 6.58 Å². The third kappa shape index (κ3) is 9.94. The van der Waals surface area contributed by atoms with Crippen LogP contribution in [0.3, 0.4) is 0 Å². The normalized spacial score (nSPS) is 25.9. The van der Waals surface area contributed by atoms with Crippen molar-refractivity contribution < 1.29 is 48.5 Å². The molecule has 3 aromatic carbocycles. The van der Waals surface area contributed by atoms with Gasteiger partial charge in [-0.2, -0.15) is 0 Å². The minimum absolute atomic E-state index is 0.00356. The number of unbranched alkanes of at least 4 members (excludes halogenated alkanes) is 2. The maximum Gasteiger partial charge on any atom is 0.269 e. The Bertz CT molecular complexity index is 2120. The predicted octanol–water partition coefficient (Wildman–Crippen LogP) is 8.34. The molecule has 0 radical (unpaired) electrons. The second kappa shape index (κ2) is 20.6. The highest BCUT2D eigenvalue weighted by molar-refractivity contribution is 6.03. The Balaban J connectivity index is 1.43. The molecule has 62 heavy (non-hydrogen) atoms. The zero-order valence-corrected chi connectivity index (χ0v) is 34.9. The number of nitro groups is 1. The summed E-state index contributed by atoms with van der Waals surface area (Å²) in [7, 11) is 0. The van der Waals surface area contributed by atoms with Crippen molar-refractivity contribution in [3.05, 3.63) is 130 Å². The highest BCUT2D eigenvalue weighted by Gasteiger charge is 2.65. The van der Waals surface area contributed by atoms with E-state index in [-0.39, 0.29) is 62.0 Å². The SMILES string of the molecule is C=CCO[C@@]12Oc3ccc(O)cc3[C@H]3[C@H](CCCCO)[C@@H](CCCCO)C=C(C(=NOC4CCCCO4)C[C@@H]1N(Cc1ccc(F)cc1)C(=O)C=Cc1ccc([N+](=O)[O-])cc1)[C@H]32. The highest BCUT2D eigenvalue weighted by Crippen LogP contribution is 2.62. The average molecular weight is 854 g/mol. The standard InChI is InChI=1S/C48H56FN3O10/c1-2-26-60-48-43(51(31-33-12-17-35(49)18-13-33)44(56)23-16-32-14-19-36(20-15-32)52(57)58)30-41(50-62-45-11-5-8-27-59-45)39-28-34(9-3-6-24-53)38(10-4-7-25-54)46(47(39)48)40-29-37(55)21-22-42(40)61-48/h2,12-23,28-29,34,38,43,45-47,53-55H,1,3-11,24-27,30-31H2/t34-,38+,43-,45?,46+,47+,48+/m0/s1. The minimum atomic E-state index is -1.57. The van der Waals surface area contributed by atoms with Gasteiger partial charge < -0.3 is 39.3 Å². The van der Waals surface area contributed by atoms with Gasteiger partial charge in [-0.05, 0) is 116 Å². The van der Waals surface area contributed by atoms with Crippen LogP contribution in [-0.4, -0.2) is 81.3 Å². The number of aliphatic hydroxyl groups excluding tert-OH is 2. The van der Waals surface area contributed by atoms with Crippen molar-refractivity contribution in [3.8, 4) is 11.5 Å². The lowest BCUT2D eigenvalue weighted by Gasteiger charge is -2.60. The number of hydrogen-bond donors (Lipinski definition) is 3. The van der Waals surface area contributed by atoms with E-state index in [1.807, 2.05) is 0 Å². The largest absolute Gasteiger partial charge is 0.508 e. The predicted molar refractivity (Wildman–Crippen MR) is 230 cm³/mol. The van der Waals surface area contributed by atoms with Gasteiger partial charge in [-0.25, -0.2) is 4.39 Å². The molecular weight excluding hydrogens is 798 g/mol. The summed E-state index contributed by atoms with van der Waals surface area (Å²) in [6.07, 6.45) is 13.1. The van der Waals surface area contributed by atoms with E-state index >= 15 is 0 Å². The topological polar surface area (TPSA) is 173 Å². The number of amides is 1. The molecule has 330 valence electrons. The van der Waals surface area contributed by atoms with Crippen molar-refractivity contribution in [3.63, 3.8) is 0 Å². The van der Waals surface area contributed by atoms with Gasteiger partial charge in [-0.1, -0.05) is 42.3 Å². The summed E-state index contributed by atoms with van der Waals surface area (Å²) in [5.74, 6) is -2.88. The van der Waals surface area contributed by atoms with E-state index in [0.717, 1.165) is 49.7 Å². The molecule has 0 aromatic heterocycles. The number of ether oxygens (including phenoxy) is 3. The summed E-state index contributed by atoms with van der Waals surface area (Å²) in [4.78, 5) is 33.7. The average Bonchev–Trinajstić information content (AvgIpc) is 3.28. The van der Waals surface area contributed by atoms with E-state index in [1.54, 1.807) is 59.5 Å². The number of allylic oxidation sites excluding steroid dienone is 1. The molecule has 4 aliphatic rings. The molecule has 7 atom stereocenters. The number of aromatic hydroxyl groups is 1. The van der Waals surface area contributed by atoms with Gasteiger partial charge in [0, 0.05) is 62.3 Å². The number of phenols is 1. The molecule has 7 rings (SSSR count). The maximum absolute atomic E-state index is 15.0. The van der Waals surface area contributed by atoms with Crippen LogP contribution in [0.5, 0.6) is 11.5 Å². The third-order valence-electron chi connectivity index (χ3n) is 12.5. The molecule has 1 unspecified atom stereocenters. The summed E-state index contributed by atoms with van der Waals surface area (Å²) >= 11 is 0. The molecule has 13 nitrogen and oxygen atoms in total. The van der Waals surface area contributed by atoms with E-state index in [2.05, 4.69) is 12.7 Å². The molecular formula is C48H56FN3O10. The number of halogens is 1. The molecule has 3 aromatic rings. The van der Waals surface area contributed by atoms with Gasteiger partial charge in [0.1, 0.15) is 23.4 Å². The summed E-state index contributed by atoms with van der Waals surface area (Å²) in [6, 6.07) is 15.9. The number of carbonyl (C=O) groups excluding carboxylic acids is 1. The number of hydrogen-bond acceptors (Lipinski definition) is 11. The number of rotatable bonds is 19. The van der Waals surface area contributed by atoms with Crippen molar-refractivity contribution in [2.75, 3.05) is 26.4 Å². The van der Waals surface area contributed by atoms with Crippen LogP contribution in [0.4, 0.5) is 10.1 Å². The van der Waals surface area contributed by atoms with Crippen LogP contribution >= 0.6 is 0 Å². The van der Waals surface area contributed by atoms with Gasteiger partial charge in [0.25, 0.3) is 5.69 Å². The van der Waals surface area contributed by atoms with Crippen LogP contribution in [-0.2, 0) is 25.7 Å². The summed E-state index contributed by atoms with van der Waals surface area (Å²) < 4.78 is 34.5. The number of non-ortho nitro benzene ring substituents is 1. The van der Waals surface area contributed by atoms with Crippen molar-refractivity contribution >= 4 is 23.4 Å². The number of nitro benzene ring substituents is 1.